The summed E-state index contributed by atoms with van der Waals surface area (Å²) in [5, 5.41) is 7.32. The second kappa shape index (κ2) is 10.4. The molecule has 8 rings (SSSR count). The van der Waals surface area contributed by atoms with E-state index in [1.54, 1.807) is 0 Å². The van der Waals surface area contributed by atoms with Crippen molar-refractivity contribution in [2.45, 2.75) is 6.17 Å². The van der Waals surface area contributed by atoms with Crippen LogP contribution in [-0.2, 0) is 0 Å². The van der Waals surface area contributed by atoms with Gasteiger partial charge < -0.3 is 4.90 Å². The molecule has 0 aromatic heterocycles. The number of rotatable bonds is 4. The molecule has 0 saturated carbocycles. The van der Waals surface area contributed by atoms with Crippen molar-refractivity contribution < 1.29 is 0 Å². The van der Waals surface area contributed by atoms with Crippen molar-refractivity contribution in [1.82, 2.24) is 4.90 Å². The van der Waals surface area contributed by atoms with Crippen LogP contribution in [0.15, 0.2) is 162 Å². The second-order valence-electron chi connectivity index (χ2n) is 11.2. The van der Waals surface area contributed by atoms with Gasteiger partial charge in [0, 0.05) is 18.2 Å². The van der Waals surface area contributed by atoms with Crippen LogP contribution in [-0.4, -0.2) is 23.6 Å². The Kier molecular flexibility index (Phi) is 6.08. The van der Waals surface area contributed by atoms with Gasteiger partial charge in [-0.15, -0.1) is 0 Å². The third-order valence-corrected chi connectivity index (χ3v) is 8.46. The van der Waals surface area contributed by atoms with Gasteiger partial charge in [-0.25, -0.2) is 9.98 Å². The van der Waals surface area contributed by atoms with Gasteiger partial charge in [0.1, 0.15) is 5.84 Å². The lowest BCUT2D eigenvalue weighted by molar-refractivity contribution is 0.383. The molecule has 3 nitrogen and oxygen atoms in total. The number of benzene rings is 7. The first-order valence-electron chi connectivity index (χ1n) is 14.7. The fraction of sp³-hybridized carbons (Fsp3) is 0.0500. The summed E-state index contributed by atoms with van der Waals surface area (Å²) in [4.78, 5) is 12.6. The van der Waals surface area contributed by atoms with Gasteiger partial charge in [0.05, 0.1) is 0 Å². The largest absolute Gasteiger partial charge is 0.333 e. The van der Waals surface area contributed by atoms with Crippen LogP contribution in [0.25, 0.3) is 43.4 Å². The lowest BCUT2D eigenvalue weighted by Gasteiger charge is -2.32. The van der Waals surface area contributed by atoms with Crippen molar-refractivity contribution in [1.29, 1.82) is 0 Å². The van der Waals surface area contributed by atoms with E-state index >= 15 is 0 Å². The van der Waals surface area contributed by atoms with Crippen LogP contribution in [0.2, 0.25) is 0 Å². The first-order chi connectivity index (χ1) is 21.2. The van der Waals surface area contributed by atoms with Crippen molar-refractivity contribution in [2.24, 2.45) is 9.98 Å². The predicted molar refractivity (Wildman–Crippen MR) is 181 cm³/mol. The summed E-state index contributed by atoms with van der Waals surface area (Å²) in [6.07, 6.45) is -0.209. The van der Waals surface area contributed by atoms with Crippen LogP contribution in [0.5, 0.6) is 0 Å². The standard InChI is InChI=1S/C40H29N3/c1-43-39(31-19-14-30(15-20-31)35-21-16-27-8-2-5-11-32(27)24-35)41-38(36-22-17-28-9-3-6-12-33(28)25-36)42-40(43)37-23-18-29-10-4-7-13-34(29)26-37/h2-26,40H,1H3. The zero-order chi connectivity index (χ0) is 28.8. The van der Waals surface area contributed by atoms with E-state index in [2.05, 4.69) is 164 Å². The fourth-order valence-corrected chi connectivity index (χ4v) is 6.11. The molecule has 7 aromatic carbocycles. The number of amidine groups is 2. The molecule has 1 atom stereocenters. The maximum absolute atomic E-state index is 5.24. The molecule has 1 heterocycles. The van der Waals surface area contributed by atoms with E-state index in [-0.39, 0.29) is 6.17 Å². The average Bonchev–Trinajstić information content (AvgIpc) is 3.08. The third-order valence-electron chi connectivity index (χ3n) is 8.46. The van der Waals surface area contributed by atoms with Crippen LogP contribution in [0.1, 0.15) is 22.9 Å². The van der Waals surface area contributed by atoms with Gasteiger partial charge in [-0.1, -0.05) is 133 Å². The van der Waals surface area contributed by atoms with Gasteiger partial charge in [0.25, 0.3) is 0 Å². The average molecular weight is 552 g/mol. The monoisotopic (exact) mass is 551 g/mol. The summed E-state index contributed by atoms with van der Waals surface area (Å²) >= 11 is 0. The lowest BCUT2D eigenvalue weighted by Crippen LogP contribution is -2.35. The molecule has 1 unspecified atom stereocenters. The minimum atomic E-state index is -0.209. The molecule has 1 aliphatic heterocycles. The normalized spacial score (nSPS) is 15.1. The summed E-state index contributed by atoms with van der Waals surface area (Å²) < 4.78 is 0. The maximum atomic E-state index is 5.24. The zero-order valence-electron chi connectivity index (χ0n) is 23.9. The molecule has 0 aliphatic carbocycles. The highest BCUT2D eigenvalue weighted by Crippen LogP contribution is 2.32. The summed E-state index contributed by atoms with van der Waals surface area (Å²) in [7, 11) is 2.09. The fourth-order valence-electron chi connectivity index (χ4n) is 6.11. The molecule has 3 heteroatoms. The van der Waals surface area contributed by atoms with Crippen LogP contribution in [0.4, 0.5) is 0 Å². The predicted octanol–water partition coefficient (Wildman–Crippen LogP) is 9.65. The van der Waals surface area contributed by atoms with E-state index in [1.807, 2.05) is 0 Å². The van der Waals surface area contributed by atoms with E-state index in [9.17, 15) is 0 Å². The first kappa shape index (κ1) is 25.2. The summed E-state index contributed by atoms with van der Waals surface area (Å²) in [5.74, 6) is 1.65. The number of hydrogen-bond donors (Lipinski definition) is 0. The Bertz CT molecular complexity index is 2210. The minimum Gasteiger partial charge on any atom is -0.333 e. The topological polar surface area (TPSA) is 28.0 Å². The van der Waals surface area contributed by atoms with Crippen molar-refractivity contribution in [3.8, 4) is 11.1 Å². The van der Waals surface area contributed by atoms with Gasteiger partial charge >= 0.3 is 0 Å². The van der Waals surface area contributed by atoms with E-state index in [1.165, 1.54) is 43.4 Å². The van der Waals surface area contributed by atoms with Crippen molar-refractivity contribution in [2.75, 3.05) is 7.05 Å². The Labute approximate surface area is 251 Å². The van der Waals surface area contributed by atoms with Gasteiger partial charge in [-0.3, -0.25) is 0 Å². The molecule has 0 radical (unpaired) electrons. The lowest BCUT2D eigenvalue weighted by atomic mass is 9.99. The summed E-state index contributed by atoms with van der Waals surface area (Å²) in [6.45, 7) is 0. The molecular formula is C40H29N3. The summed E-state index contributed by atoms with van der Waals surface area (Å²) in [6, 6.07) is 53.9. The molecule has 0 fully saturated rings. The van der Waals surface area contributed by atoms with Gasteiger partial charge in [0.15, 0.2) is 12.0 Å². The first-order valence-corrected chi connectivity index (χ1v) is 14.7. The molecule has 0 amide bonds. The molecule has 0 spiro atoms. The number of fused-ring (bicyclic) bond motifs is 3. The Morgan fingerprint density at radius 1 is 0.442 bits per heavy atom. The van der Waals surface area contributed by atoms with Crippen molar-refractivity contribution >= 4 is 44.0 Å². The third kappa shape index (κ3) is 4.65. The van der Waals surface area contributed by atoms with Crippen molar-refractivity contribution in [3.05, 3.63) is 168 Å². The highest BCUT2D eigenvalue weighted by molar-refractivity contribution is 6.14. The van der Waals surface area contributed by atoms with Crippen LogP contribution < -0.4 is 0 Å². The maximum Gasteiger partial charge on any atom is 0.159 e. The number of aliphatic imine (C=N–C) groups is 2. The van der Waals surface area contributed by atoms with Crippen LogP contribution in [0.3, 0.4) is 0 Å². The van der Waals surface area contributed by atoms with Crippen molar-refractivity contribution in [3.63, 3.8) is 0 Å². The van der Waals surface area contributed by atoms with Gasteiger partial charge in [0.2, 0.25) is 0 Å². The molecule has 0 saturated heterocycles. The number of hydrogen-bond acceptors (Lipinski definition) is 3. The van der Waals surface area contributed by atoms with Gasteiger partial charge in [-0.2, -0.15) is 0 Å². The molecule has 204 valence electrons. The quantitative estimate of drug-likeness (QED) is 0.214. The zero-order valence-corrected chi connectivity index (χ0v) is 23.9. The van der Waals surface area contributed by atoms with E-state index in [0.717, 1.165) is 28.4 Å². The molecule has 1 aliphatic rings. The van der Waals surface area contributed by atoms with Crippen LogP contribution >= 0.6 is 0 Å². The second-order valence-corrected chi connectivity index (χ2v) is 11.2. The summed E-state index contributed by atoms with van der Waals surface area (Å²) in [5.41, 5.74) is 5.60. The number of nitrogens with zero attached hydrogens (tertiary/aromatic N) is 3. The Morgan fingerprint density at radius 2 is 0.907 bits per heavy atom. The molecule has 43 heavy (non-hydrogen) atoms. The van der Waals surface area contributed by atoms with E-state index < -0.39 is 0 Å². The SMILES string of the molecule is CN1C(c2ccc(-c3ccc4ccccc4c3)cc2)=NC(c2ccc3ccccc3c2)=NC1c1ccc2ccccc2c1. The Balaban J connectivity index is 1.22. The molecule has 0 bridgehead atoms. The molecule has 0 N–H and O–H groups in total. The van der Waals surface area contributed by atoms with E-state index in [0.29, 0.717) is 0 Å². The highest BCUT2D eigenvalue weighted by atomic mass is 15.3. The van der Waals surface area contributed by atoms with Gasteiger partial charge in [-0.05, 0) is 67.2 Å². The minimum absolute atomic E-state index is 0.209. The molecular weight excluding hydrogens is 522 g/mol. The smallest absolute Gasteiger partial charge is 0.159 e. The van der Waals surface area contributed by atoms with Crippen LogP contribution in [0, 0.1) is 0 Å². The highest BCUT2D eigenvalue weighted by Gasteiger charge is 2.27. The Hall–Kier alpha value is -5.54. The molecule has 7 aromatic rings. The Morgan fingerprint density at radius 3 is 1.53 bits per heavy atom. The van der Waals surface area contributed by atoms with E-state index in [4.69, 9.17) is 9.98 Å².